The van der Waals surface area contributed by atoms with E-state index in [4.69, 9.17) is 16.3 Å². The van der Waals surface area contributed by atoms with Crippen molar-refractivity contribution in [2.45, 2.75) is 77.4 Å². The van der Waals surface area contributed by atoms with Crippen LogP contribution in [0.3, 0.4) is 0 Å². The Hall–Kier alpha value is -1.73. The van der Waals surface area contributed by atoms with E-state index in [-0.39, 0.29) is 17.4 Å². The first-order valence-corrected chi connectivity index (χ1v) is 13.2. The first-order chi connectivity index (χ1) is 15.6. The molecule has 8 heteroatoms. The predicted molar refractivity (Wildman–Crippen MR) is 135 cm³/mol. The van der Waals surface area contributed by atoms with Crippen LogP contribution in [0.2, 0.25) is 5.02 Å². The third kappa shape index (κ3) is 7.38. The van der Waals surface area contributed by atoms with Crippen molar-refractivity contribution in [3.8, 4) is 5.75 Å². The van der Waals surface area contributed by atoms with Gasteiger partial charge in [0.25, 0.3) is 0 Å². The smallest absolute Gasteiger partial charge is 0.230 e. The maximum atomic E-state index is 12.7. The minimum atomic E-state index is 0.0810. The molecule has 0 aliphatic heterocycles. The fraction of sp³-hybridized carbons (Fsp3) is 0.640. The Morgan fingerprint density at radius 3 is 2.76 bits per heavy atom. The van der Waals surface area contributed by atoms with Gasteiger partial charge in [-0.2, -0.15) is 0 Å². The van der Waals surface area contributed by atoms with Gasteiger partial charge >= 0.3 is 0 Å². The van der Waals surface area contributed by atoms with Crippen molar-refractivity contribution in [2.24, 2.45) is 18.4 Å². The van der Waals surface area contributed by atoms with Gasteiger partial charge in [0.2, 0.25) is 5.91 Å². The predicted octanol–water partition coefficient (Wildman–Crippen LogP) is 5.60. The van der Waals surface area contributed by atoms with E-state index in [0.717, 1.165) is 41.6 Å². The number of thioether (sulfide) groups is 1. The van der Waals surface area contributed by atoms with Gasteiger partial charge in [-0.25, -0.2) is 0 Å². The summed E-state index contributed by atoms with van der Waals surface area (Å²) in [6.07, 6.45) is 6.31. The standard InChI is InChI=1S/C25H37ClN4O2S/c1-17-15-18(26)12-13-21(17)32-14-8-11-22-28-29-24(30(22)5)33-16-23(31)27-20-10-7-6-9-19(20)25(2,3)4/h12-13,15,19-20H,6-11,14,16H2,1-5H3,(H,27,31)/t19-,20+/m1/s1. The maximum Gasteiger partial charge on any atom is 0.230 e. The lowest BCUT2D eigenvalue weighted by atomic mass is 9.69. The Bertz CT molecular complexity index is 941. The number of nitrogens with zero attached hydrogens (tertiary/aromatic N) is 3. The normalized spacial score (nSPS) is 18.8. The quantitative estimate of drug-likeness (QED) is 0.364. The van der Waals surface area contributed by atoms with Crippen molar-refractivity contribution in [3.05, 3.63) is 34.6 Å². The van der Waals surface area contributed by atoms with Gasteiger partial charge in [0.1, 0.15) is 11.6 Å². The molecule has 1 aliphatic carbocycles. The van der Waals surface area contributed by atoms with E-state index in [2.05, 4.69) is 36.3 Å². The summed E-state index contributed by atoms with van der Waals surface area (Å²) >= 11 is 7.44. The monoisotopic (exact) mass is 492 g/mol. The van der Waals surface area contributed by atoms with Gasteiger partial charge in [-0.3, -0.25) is 4.79 Å². The highest BCUT2D eigenvalue weighted by Crippen LogP contribution is 2.38. The molecule has 33 heavy (non-hydrogen) atoms. The van der Waals surface area contributed by atoms with Crippen LogP contribution in [-0.4, -0.2) is 39.1 Å². The van der Waals surface area contributed by atoms with E-state index in [0.29, 0.717) is 23.3 Å². The van der Waals surface area contributed by atoms with Gasteiger partial charge in [-0.05, 0) is 61.3 Å². The highest BCUT2D eigenvalue weighted by Gasteiger charge is 2.34. The van der Waals surface area contributed by atoms with E-state index in [1.807, 2.05) is 36.7 Å². The van der Waals surface area contributed by atoms with E-state index in [1.165, 1.54) is 31.0 Å². The van der Waals surface area contributed by atoms with Crippen molar-refractivity contribution in [1.82, 2.24) is 20.1 Å². The molecule has 1 amide bonds. The average Bonchev–Trinajstić information content (AvgIpc) is 3.10. The summed E-state index contributed by atoms with van der Waals surface area (Å²) in [6, 6.07) is 5.91. The lowest BCUT2D eigenvalue weighted by Crippen LogP contribution is -2.47. The second kappa shape index (κ2) is 11.6. The van der Waals surface area contributed by atoms with Gasteiger partial charge in [0, 0.05) is 24.5 Å². The van der Waals surface area contributed by atoms with Crippen molar-refractivity contribution >= 4 is 29.3 Å². The summed E-state index contributed by atoms with van der Waals surface area (Å²) in [5.74, 6) is 2.72. The second-order valence-corrected chi connectivity index (χ2v) is 11.4. The maximum absolute atomic E-state index is 12.7. The lowest BCUT2D eigenvalue weighted by Gasteiger charge is -2.40. The minimum absolute atomic E-state index is 0.0810. The summed E-state index contributed by atoms with van der Waals surface area (Å²) in [6.45, 7) is 9.41. The molecule has 1 aromatic heterocycles. The third-order valence-electron chi connectivity index (χ3n) is 6.42. The number of hydrogen-bond donors (Lipinski definition) is 1. The summed E-state index contributed by atoms with van der Waals surface area (Å²) in [7, 11) is 1.95. The van der Waals surface area contributed by atoms with Crippen molar-refractivity contribution in [1.29, 1.82) is 0 Å². The number of carbonyl (C=O) groups is 1. The van der Waals surface area contributed by atoms with E-state index in [1.54, 1.807) is 0 Å². The molecule has 1 fully saturated rings. The molecule has 1 N–H and O–H groups in total. The van der Waals surface area contributed by atoms with Gasteiger partial charge < -0.3 is 14.6 Å². The Labute approximate surface area is 207 Å². The first-order valence-electron chi connectivity index (χ1n) is 11.8. The van der Waals surface area contributed by atoms with Crippen LogP contribution in [0, 0.1) is 18.3 Å². The van der Waals surface area contributed by atoms with Crippen LogP contribution in [0.15, 0.2) is 23.4 Å². The Kier molecular flexibility index (Phi) is 9.10. The molecule has 6 nitrogen and oxygen atoms in total. The number of ether oxygens (including phenoxy) is 1. The molecule has 1 aliphatic rings. The van der Waals surface area contributed by atoms with Crippen molar-refractivity contribution in [2.75, 3.05) is 12.4 Å². The molecule has 182 valence electrons. The Morgan fingerprint density at radius 2 is 2.03 bits per heavy atom. The summed E-state index contributed by atoms with van der Waals surface area (Å²) in [5.41, 5.74) is 1.24. The number of hydrogen-bond acceptors (Lipinski definition) is 5. The second-order valence-electron chi connectivity index (χ2n) is 10.0. The fourth-order valence-electron chi connectivity index (χ4n) is 4.59. The zero-order chi connectivity index (χ0) is 24.0. The SMILES string of the molecule is Cc1cc(Cl)ccc1OCCCc1nnc(SCC(=O)N[C@H]2CCCC[C@H]2C(C)(C)C)n1C. The van der Waals surface area contributed by atoms with Crippen molar-refractivity contribution < 1.29 is 9.53 Å². The number of amides is 1. The highest BCUT2D eigenvalue weighted by atomic mass is 35.5. The van der Waals surface area contributed by atoms with Gasteiger partial charge in [-0.1, -0.05) is 57.0 Å². The topological polar surface area (TPSA) is 69.0 Å². The summed E-state index contributed by atoms with van der Waals surface area (Å²) < 4.78 is 7.85. The molecule has 3 rings (SSSR count). The molecule has 1 saturated carbocycles. The number of benzene rings is 1. The number of aryl methyl sites for hydroxylation is 2. The highest BCUT2D eigenvalue weighted by molar-refractivity contribution is 7.99. The molecule has 2 atom stereocenters. The van der Waals surface area contributed by atoms with Crippen LogP contribution in [0.1, 0.15) is 64.3 Å². The van der Waals surface area contributed by atoms with Gasteiger partial charge in [0.15, 0.2) is 5.16 Å². The third-order valence-corrected chi connectivity index (χ3v) is 7.68. The average molecular weight is 493 g/mol. The molecule has 0 saturated heterocycles. The van der Waals surface area contributed by atoms with Crippen LogP contribution in [0.25, 0.3) is 0 Å². The zero-order valence-corrected chi connectivity index (χ0v) is 22.1. The van der Waals surface area contributed by atoms with Crippen molar-refractivity contribution in [3.63, 3.8) is 0 Å². The summed E-state index contributed by atoms with van der Waals surface area (Å²) in [5, 5.41) is 13.4. The molecule has 2 aromatic rings. The van der Waals surface area contributed by atoms with Crippen LogP contribution >= 0.6 is 23.4 Å². The molecule has 1 aromatic carbocycles. The van der Waals surface area contributed by atoms with Crippen LogP contribution in [-0.2, 0) is 18.3 Å². The largest absolute Gasteiger partial charge is 0.493 e. The van der Waals surface area contributed by atoms with Crippen LogP contribution in [0.5, 0.6) is 5.75 Å². The van der Waals surface area contributed by atoms with E-state index < -0.39 is 0 Å². The summed E-state index contributed by atoms with van der Waals surface area (Å²) in [4.78, 5) is 12.7. The Morgan fingerprint density at radius 1 is 1.27 bits per heavy atom. The number of aromatic nitrogens is 3. The molecule has 0 unspecified atom stereocenters. The number of rotatable bonds is 9. The zero-order valence-electron chi connectivity index (χ0n) is 20.5. The van der Waals surface area contributed by atoms with Gasteiger partial charge in [-0.15, -0.1) is 10.2 Å². The number of halogens is 1. The lowest BCUT2D eigenvalue weighted by molar-refractivity contribution is -0.120. The Balaban J connectivity index is 1.44. The minimum Gasteiger partial charge on any atom is -0.493 e. The number of nitrogens with one attached hydrogen (secondary N) is 1. The first kappa shape index (κ1) is 25.9. The fourth-order valence-corrected chi connectivity index (χ4v) is 5.56. The molecule has 0 spiro atoms. The molecule has 0 bridgehead atoms. The van der Waals surface area contributed by atoms with Crippen LogP contribution in [0.4, 0.5) is 0 Å². The molecular weight excluding hydrogens is 456 g/mol. The van der Waals surface area contributed by atoms with E-state index >= 15 is 0 Å². The van der Waals surface area contributed by atoms with Crippen LogP contribution < -0.4 is 10.1 Å². The molecule has 1 heterocycles. The molecular formula is C25H37ClN4O2S. The van der Waals surface area contributed by atoms with Gasteiger partial charge in [0.05, 0.1) is 12.4 Å². The molecule has 0 radical (unpaired) electrons. The number of carbonyl (C=O) groups excluding carboxylic acids is 1. The van der Waals surface area contributed by atoms with E-state index in [9.17, 15) is 4.79 Å².